The van der Waals surface area contributed by atoms with E-state index in [1.165, 1.54) is 0 Å². The van der Waals surface area contributed by atoms with Gasteiger partial charge in [-0.05, 0) is 25.5 Å². The van der Waals surface area contributed by atoms with Gasteiger partial charge >= 0.3 is 0 Å². The third-order valence-electron chi connectivity index (χ3n) is 3.20. The maximum absolute atomic E-state index is 11.5. The molecule has 0 unspecified atom stereocenters. The molecule has 0 atom stereocenters. The largest absolute Gasteiger partial charge is 0.339 e. The molecule has 0 aromatic carbocycles. The van der Waals surface area contributed by atoms with E-state index in [0.29, 0.717) is 17.3 Å². The smallest absolute Gasteiger partial charge is 0.176 e. The van der Waals surface area contributed by atoms with Crippen LogP contribution in [0.15, 0.2) is 18.3 Å². The summed E-state index contributed by atoms with van der Waals surface area (Å²) in [6, 6.07) is 3.70. The molecule has 0 amide bonds. The number of carbonyl (C=O) groups is 1. The van der Waals surface area contributed by atoms with Crippen LogP contribution < -0.4 is 0 Å². The van der Waals surface area contributed by atoms with Gasteiger partial charge in [0.1, 0.15) is 0 Å². The molecule has 2 aromatic rings. The van der Waals surface area contributed by atoms with Crippen LogP contribution in [0, 0.1) is 0 Å². The molecular formula is C14H18ClN3O. The minimum atomic E-state index is 0.0550. The second-order valence-corrected chi connectivity index (χ2v) is 4.83. The number of aromatic nitrogens is 3. The summed E-state index contributed by atoms with van der Waals surface area (Å²) in [5.41, 5.74) is 2.56. The van der Waals surface area contributed by atoms with Crippen molar-refractivity contribution in [2.45, 2.75) is 40.3 Å². The van der Waals surface area contributed by atoms with Crippen LogP contribution in [-0.4, -0.2) is 20.1 Å². The summed E-state index contributed by atoms with van der Waals surface area (Å²) in [4.78, 5) is 11.5. The maximum Gasteiger partial charge on any atom is 0.176 e. The Balaban J connectivity index is 2.40. The summed E-state index contributed by atoms with van der Waals surface area (Å²) in [6.45, 7) is 6.98. The molecule has 0 aliphatic rings. The van der Waals surface area contributed by atoms with Gasteiger partial charge in [0, 0.05) is 19.7 Å². The molecule has 0 aliphatic heterocycles. The molecule has 0 saturated carbocycles. The molecule has 102 valence electrons. The molecule has 0 bridgehead atoms. The van der Waals surface area contributed by atoms with Gasteiger partial charge in [-0.25, -0.2) is 0 Å². The Bertz CT molecular complexity index is 598. The van der Waals surface area contributed by atoms with Crippen molar-refractivity contribution in [1.29, 1.82) is 0 Å². The number of carbonyl (C=O) groups excluding carboxylic acids is 1. The van der Waals surface area contributed by atoms with Gasteiger partial charge in [-0.15, -0.1) is 0 Å². The van der Waals surface area contributed by atoms with Gasteiger partial charge in [0.2, 0.25) is 0 Å². The van der Waals surface area contributed by atoms with Crippen LogP contribution >= 0.6 is 11.6 Å². The van der Waals surface area contributed by atoms with E-state index in [1.807, 2.05) is 41.4 Å². The standard InChI is InChI=1S/C14H18ClN3O/c1-4-11-14(15)13(18(5-2)16-11)9-17-8-6-7-12(17)10(3)19/h6-8H,4-5,9H2,1-3H3. The van der Waals surface area contributed by atoms with Gasteiger partial charge in [-0.1, -0.05) is 18.5 Å². The Morgan fingerprint density at radius 2 is 2.16 bits per heavy atom. The molecule has 19 heavy (non-hydrogen) atoms. The summed E-state index contributed by atoms with van der Waals surface area (Å²) < 4.78 is 3.82. The van der Waals surface area contributed by atoms with Crippen LogP contribution in [0.3, 0.4) is 0 Å². The van der Waals surface area contributed by atoms with Crippen molar-refractivity contribution < 1.29 is 4.79 Å². The van der Waals surface area contributed by atoms with Crippen LogP contribution in [-0.2, 0) is 19.5 Å². The molecule has 0 fully saturated rings. The number of hydrogen-bond acceptors (Lipinski definition) is 2. The molecular weight excluding hydrogens is 262 g/mol. The zero-order valence-corrected chi connectivity index (χ0v) is 12.2. The number of Topliss-reactive ketones (excluding diaryl/α,β-unsaturated/α-hetero) is 1. The molecule has 0 N–H and O–H groups in total. The van der Waals surface area contributed by atoms with Crippen molar-refractivity contribution in [3.05, 3.63) is 40.4 Å². The lowest BCUT2D eigenvalue weighted by Gasteiger charge is -2.09. The van der Waals surface area contributed by atoms with Gasteiger partial charge in [0.15, 0.2) is 5.78 Å². The number of rotatable bonds is 5. The number of ketones is 1. The lowest BCUT2D eigenvalue weighted by molar-refractivity contribution is 0.100. The molecule has 2 aromatic heterocycles. The van der Waals surface area contributed by atoms with E-state index in [-0.39, 0.29) is 5.78 Å². The summed E-state index contributed by atoms with van der Waals surface area (Å²) in [5.74, 6) is 0.0550. The summed E-state index contributed by atoms with van der Waals surface area (Å²) in [6.07, 6.45) is 2.70. The molecule has 5 heteroatoms. The maximum atomic E-state index is 11.5. The number of aryl methyl sites for hydroxylation is 2. The first-order valence-electron chi connectivity index (χ1n) is 6.48. The molecule has 0 radical (unpaired) electrons. The van der Waals surface area contributed by atoms with Crippen LogP contribution in [0.25, 0.3) is 0 Å². The minimum absolute atomic E-state index is 0.0550. The molecule has 4 nitrogen and oxygen atoms in total. The van der Waals surface area contributed by atoms with Gasteiger partial charge in [-0.3, -0.25) is 9.48 Å². The fraction of sp³-hybridized carbons (Fsp3) is 0.429. The Kier molecular flexibility index (Phi) is 4.10. The quantitative estimate of drug-likeness (QED) is 0.789. The third kappa shape index (κ3) is 2.59. The predicted molar refractivity (Wildman–Crippen MR) is 75.8 cm³/mol. The average Bonchev–Trinajstić information content (AvgIpc) is 2.96. The summed E-state index contributed by atoms with van der Waals surface area (Å²) in [5, 5.41) is 5.20. The topological polar surface area (TPSA) is 39.8 Å². The van der Waals surface area contributed by atoms with Crippen LogP contribution in [0.2, 0.25) is 5.02 Å². The first kappa shape index (κ1) is 13.9. The highest BCUT2D eigenvalue weighted by atomic mass is 35.5. The normalized spacial score (nSPS) is 10.9. The van der Waals surface area contributed by atoms with E-state index in [4.69, 9.17) is 11.6 Å². The van der Waals surface area contributed by atoms with Gasteiger partial charge in [0.25, 0.3) is 0 Å². The number of halogens is 1. The molecule has 0 spiro atoms. The zero-order valence-electron chi connectivity index (χ0n) is 11.5. The average molecular weight is 280 g/mol. The van der Waals surface area contributed by atoms with E-state index < -0.39 is 0 Å². The fourth-order valence-electron chi connectivity index (χ4n) is 2.20. The highest BCUT2D eigenvalue weighted by Crippen LogP contribution is 2.23. The fourth-order valence-corrected chi connectivity index (χ4v) is 2.53. The second kappa shape index (κ2) is 5.61. The monoisotopic (exact) mass is 279 g/mol. The van der Waals surface area contributed by atoms with Crippen molar-refractivity contribution >= 4 is 17.4 Å². The summed E-state index contributed by atoms with van der Waals surface area (Å²) in [7, 11) is 0. The van der Waals surface area contributed by atoms with Crippen molar-refractivity contribution in [3.63, 3.8) is 0 Å². The Morgan fingerprint density at radius 3 is 2.74 bits per heavy atom. The Morgan fingerprint density at radius 1 is 1.42 bits per heavy atom. The van der Waals surface area contributed by atoms with Gasteiger partial charge in [0.05, 0.1) is 28.6 Å². The van der Waals surface area contributed by atoms with Crippen molar-refractivity contribution in [1.82, 2.24) is 14.3 Å². The van der Waals surface area contributed by atoms with Crippen LogP contribution in [0.5, 0.6) is 0 Å². The van der Waals surface area contributed by atoms with E-state index in [2.05, 4.69) is 5.10 Å². The van der Waals surface area contributed by atoms with Crippen LogP contribution in [0.4, 0.5) is 0 Å². The van der Waals surface area contributed by atoms with Crippen molar-refractivity contribution in [3.8, 4) is 0 Å². The van der Waals surface area contributed by atoms with Crippen molar-refractivity contribution in [2.24, 2.45) is 0 Å². The highest BCUT2D eigenvalue weighted by Gasteiger charge is 2.16. The van der Waals surface area contributed by atoms with E-state index >= 15 is 0 Å². The SMILES string of the molecule is CCc1nn(CC)c(Cn2cccc2C(C)=O)c1Cl. The van der Waals surface area contributed by atoms with E-state index in [1.54, 1.807) is 6.92 Å². The lowest BCUT2D eigenvalue weighted by Crippen LogP contribution is -2.11. The number of hydrogen-bond donors (Lipinski definition) is 0. The van der Waals surface area contributed by atoms with Crippen LogP contribution in [0.1, 0.15) is 42.6 Å². The highest BCUT2D eigenvalue weighted by molar-refractivity contribution is 6.31. The first-order valence-corrected chi connectivity index (χ1v) is 6.86. The Labute approximate surface area is 118 Å². The molecule has 2 heterocycles. The zero-order chi connectivity index (χ0) is 14.0. The minimum Gasteiger partial charge on any atom is -0.339 e. The second-order valence-electron chi connectivity index (χ2n) is 4.45. The lowest BCUT2D eigenvalue weighted by atomic mass is 10.3. The van der Waals surface area contributed by atoms with Gasteiger partial charge < -0.3 is 4.57 Å². The first-order chi connectivity index (χ1) is 9.08. The molecule has 2 rings (SSSR count). The predicted octanol–water partition coefficient (Wildman–Crippen LogP) is 3.17. The number of nitrogens with zero attached hydrogens (tertiary/aromatic N) is 3. The Hall–Kier alpha value is -1.55. The van der Waals surface area contributed by atoms with Crippen molar-refractivity contribution in [2.75, 3.05) is 0 Å². The van der Waals surface area contributed by atoms with E-state index in [0.717, 1.165) is 24.4 Å². The third-order valence-corrected chi connectivity index (χ3v) is 3.64. The molecule has 0 saturated heterocycles. The van der Waals surface area contributed by atoms with E-state index in [9.17, 15) is 4.79 Å². The van der Waals surface area contributed by atoms with Gasteiger partial charge in [-0.2, -0.15) is 5.10 Å². The molecule has 0 aliphatic carbocycles. The summed E-state index contributed by atoms with van der Waals surface area (Å²) >= 11 is 6.38.